The van der Waals surface area contributed by atoms with Crippen LogP contribution >= 0.6 is 11.8 Å². The van der Waals surface area contributed by atoms with E-state index in [4.69, 9.17) is 0 Å². The Hall–Kier alpha value is -1.94. The summed E-state index contributed by atoms with van der Waals surface area (Å²) in [6.07, 6.45) is 6.07. The molecule has 4 rings (SSSR count). The maximum Gasteiger partial charge on any atom is 0.233 e. The second kappa shape index (κ2) is 7.23. The first-order chi connectivity index (χ1) is 12.9. The van der Waals surface area contributed by atoms with E-state index in [1.807, 2.05) is 19.1 Å². The number of hydrogen-bond donors (Lipinski definition) is 1. The topological polar surface area (TPSA) is 107 Å². The minimum atomic E-state index is -3.02. The van der Waals surface area contributed by atoms with Crippen LogP contribution in [0, 0.1) is 0 Å². The van der Waals surface area contributed by atoms with Crippen molar-refractivity contribution in [2.75, 3.05) is 11.5 Å². The summed E-state index contributed by atoms with van der Waals surface area (Å²) >= 11 is 1.36. The first-order valence-electron chi connectivity index (χ1n) is 8.96. The molecule has 2 aromatic heterocycles. The average Bonchev–Trinajstić information content (AvgIpc) is 3.31. The lowest BCUT2D eigenvalue weighted by Crippen LogP contribution is -2.40. The van der Waals surface area contributed by atoms with Crippen molar-refractivity contribution < 1.29 is 13.2 Å². The molecule has 2 aromatic rings. The first-order valence-corrected chi connectivity index (χ1v) is 11.7. The van der Waals surface area contributed by atoms with Gasteiger partial charge in [-0.05, 0) is 38.3 Å². The number of hydrogen-bond acceptors (Lipinski definition) is 7. The van der Waals surface area contributed by atoms with Gasteiger partial charge < -0.3 is 5.32 Å². The molecule has 2 aliphatic rings. The summed E-state index contributed by atoms with van der Waals surface area (Å²) in [7, 11) is -3.02. The fraction of sp³-hybridized carbons (Fsp3) is 0.529. The molecule has 144 valence electrons. The molecule has 0 aromatic carbocycles. The summed E-state index contributed by atoms with van der Waals surface area (Å²) in [6.45, 7) is 1.81. The van der Waals surface area contributed by atoms with Crippen molar-refractivity contribution in [3.63, 3.8) is 0 Å². The zero-order chi connectivity index (χ0) is 19.0. The van der Waals surface area contributed by atoms with Gasteiger partial charge in [0.25, 0.3) is 0 Å². The van der Waals surface area contributed by atoms with E-state index in [2.05, 4.69) is 25.1 Å². The van der Waals surface area contributed by atoms with E-state index in [1.165, 1.54) is 11.8 Å². The molecule has 10 heteroatoms. The number of pyridine rings is 1. The van der Waals surface area contributed by atoms with Gasteiger partial charge in [-0.3, -0.25) is 14.3 Å². The number of nitrogens with one attached hydrogen (secondary N) is 1. The SMILES string of the molecule is C[C@H](Sc1nnc(-c2ccncc2)n1C1CC1)C(=O)N[C@H]1CCS(=O)(=O)C1. The van der Waals surface area contributed by atoms with Gasteiger partial charge >= 0.3 is 0 Å². The Balaban J connectivity index is 1.48. The third-order valence-electron chi connectivity index (χ3n) is 4.75. The quantitative estimate of drug-likeness (QED) is 0.722. The predicted octanol–water partition coefficient (Wildman–Crippen LogP) is 1.46. The number of rotatable bonds is 6. The summed E-state index contributed by atoms with van der Waals surface area (Å²) in [5.41, 5.74) is 0.949. The summed E-state index contributed by atoms with van der Waals surface area (Å²) < 4.78 is 25.2. The Morgan fingerprint density at radius 1 is 1.26 bits per heavy atom. The van der Waals surface area contributed by atoms with Crippen LogP contribution in [-0.4, -0.2) is 56.9 Å². The van der Waals surface area contributed by atoms with Crippen LogP contribution in [0.25, 0.3) is 11.4 Å². The van der Waals surface area contributed by atoms with Gasteiger partial charge in [0.15, 0.2) is 20.8 Å². The number of carbonyl (C=O) groups is 1. The highest BCUT2D eigenvalue weighted by molar-refractivity contribution is 8.00. The van der Waals surface area contributed by atoms with Crippen LogP contribution in [0.3, 0.4) is 0 Å². The molecule has 2 atom stereocenters. The van der Waals surface area contributed by atoms with Crippen LogP contribution < -0.4 is 5.32 Å². The molecule has 0 unspecified atom stereocenters. The van der Waals surface area contributed by atoms with Crippen LogP contribution in [0.15, 0.2) is 29.7 Å². The lowest BCUT2D eigenvalue weighted by molar-refractivity contribution is -0.120. The molecular formula is C17H21N5O3S2. The second-order valence-corrected chi connectivity index (χ2v) is 10.5. The fourth-order valence-corrected chi connectivity index (χ4v) is 5.76. The number of aromatic nitrogens is 4. The van der Waals surface area contributed by atoms with Crippen LogP contribution in [0.1, 0.15) is 32.2 Å². The van der Waals surface area contributed by atoms with E-state index in [0.717, 1.165) is 24.2 Å². The van der Waals surface area contributed by atoms with E-state index in [-0.39, 0.29) is 28.7 Å². The fourth-order valence-electron chi connectivity index (χ4n) is 3.16. The van der Waals surface area contributed by atoms with Gasteiger partial charge in [0.2, 0.25) is 5.91 Å². The average molecular weight is 408 g/mol. The zero-order valence-electron chi connectivity index (χ0n) is 14.9. The lowest BCUT2D eigenvalue weighted by atomic mass is 10.2. The molecule has 1 aliphatic carbocycles. The second-order valence-electron chi connectivity index (χ2n) is 7.01. The standard InChI is InChI=1S/C17H21N5O3S2/c1-11(16(23)19-13-6-9-27(24,25)10-13)26-17-21-20-15(22(17)14-2-3-14)12-4-7-18-8-5-12/h4-5,7-8,11,13-14H,2-3,6,9-10H2,1H3,(H,19,23)/t11-,13-/m0/s1. The molecule has 1 amide bonds. The van der Waals surface area contributed by atoms with Crippen molar-refractivity contribution >= 4 is 27.5 Å². The normalized spacial score (nSPS) is 22.5. The number of thioether (sulfide) groups is 1. The molecule has 1 aliphatic heterocycles. The maximum absolute atomic E-state index is 12.5. The molecule has 0 bridgehead atoms. The van der Waals surface area contributed by atoms with Crippen LogP contribution in [0.4, 0.5) is 0 Å². The molecule has 27 heavy (non-hydrogen) atoms. The zero-order valence-corrected chi connectivity index (χ0v) is 16.5. The largest absolute Gasteiger partial charge is 0.351 e. The molecule has 0 radical (unpaired) electrons. The first kappa shape index (κ1) is 18.4. The predicted molar refractivity (Wildman–Crippen MR) is 102 cm³/mol. The molecule has 1 N–H and O–H groups in total. The van der Waals surface area contributed by atoms with Crippen molar-refractivity contribution in [2.24, 2.45) is 0 Å². The number of nitrogens with zero attached hydrogens (tertiary/aromatic N) is 4. The summed E-state index contributed by atoms with van der Waals surface area (Å²) in [5.74, 6) is 0.792. The van der Waals surface area contributed by atoms with Crippen molar-refractivity contribution in [3.05, 3.63) is 24.5 Å². The van der Waals surface area contributed by atoms with Gasteiger partial charge in [-0.1, -0.05) is 11.8 Å². The smallest absolute Gasteiger partial charge is 0.233 e. The van der Waals surface area contributed by atoms with Gasteiger partial charge in [-0.25, -0.2) is 8.42 Å². The van der Waals surface area contributed by atoms with Gasteiger partial charge in [0, 0.05) is 30.0 Å². The highest BCUT2D eigenvalue weighted by Crippen LogP contribution is 2.41. The Morgan fingerprint density at radius 3 is 2.63 bits per heavy atom. The van der Waals surface area contributed by atoms with Crippen molar-refractivity contribution in [3.8, 4) is 11.4 Å². The maximum atomic E-state index is 12.5. The Kier molecular flexibility index (Phi) is 4.94. The monoisotopic (exact) mass is 407 g/mol. The Labute approximate surface area is 162 Å². The lowest BCUT2D eigenvalue weighted by Gasteiger charge is -2.16. The Morgan fingerprint density at radius 2 is 2.00 bits per heavy atom. The molecule has 1 saturated carbocycles. The summed E-state index contributed by atoms with van der Waals surface area (Å²) in [4.78, 5) is 16.5. The number of sulfone groups is 1. The highest BCUT2D eigenvalue weighted by atomic mass is 32.2. The minimum Gasteiger partial charge on any atom is -0.351 e. The summed E-state index contributed by atoms with van der Waals surface area (Å²) in [5, 5.41) is 11.8. The summed E-state index contributed by atoms with van der Waals surface area (Å²) in [6, 6.07) is 3.86. The number of carbonyl (C=O) groups excluding carboxylic acids is 1. The molecular weight excluding hydrogens is 386 g/mol. The van der Waals surface area contributed by atoms with Crippen molar-refractivity contribution in [1.29, 1.82) is 0 Å². The van der Waals surface area contributed by atoms with Crippen LogP contribution in [0.2, 0.25) is 0 Å². The van der Waals surface area contributed by atoms with Gasteiger partial charge in [0.05, 0.1) is 16.8 Å². The third-order valence-corrected chi connectivity index (χ3v) is 7.57. The van der Waals surface area contributed by atoms with Gasteiger partial charge in [0.1, 0.15) is 0 Å². The van der Waals surface area contributed by atoms with E-state index < -0.39 is 9.84 Å². The van der Waals surface area contributed by atoms with E-state index in [1.54, 1.807) is 12.4 Å². The van der Waals surface area contributed by atoms with E-state index in [0.29, 0.717) is 17.6 Å². The minimum absolute atomic E-state index is 0.0283. The van der Waals surface area contributed by atoms with Crippen molar-refractivity contribution in [1.82, 2.24) is 25.1 Å². The van der Waals surface area contributed by atoms with E-state index >= 15 is 0 Å². The van der Waals surface area contributed by atoms with Gasteiger partial charge in [-0.2, -0.15) is 0 Å². The molecule has 2 fully saturated rings. The third kappa shape index (κ3) is 4.16. The highest BCUT2D eigenvalue weighted by Gasteiger charge is 2.33. The van der Waals surface area contributed by atoms with Crippen molar-refractivity contribution in [2.45, 2.75) is 48.7 Å². The molecule has 1 saturated heterocycles. The number of amides is 1. The molecule has 3 heterocycles. The molecule has 0 spiro atoms. The van der Waals surface area contributed by atoms with Gasteiger partial charge in [-0.15, -0.1) is 10.2 Å². The van der Waals surface area contributed by atoms with E-state index in [9.17, 15) is 13.2 Å². The Bertz CT molecular complexity index is 941. The molecule has 8 nitrogen and oxygen atoms in total. The van der Waals surface area contributed by atoms with Crippen LogP contribution in [-0.2, 0) is 14.6 Å². The van der Waals surface area contributed by atoms with Crippen LogP contribution in [0.5, 0.6) is 0 Å².